The van der Waals surface area contributed by atoms with Gasteiger partial charge in [0, 0.05) is 6.16 Å². The van der Waals surface area contributed by atoms with Gasteiger partial charge in [-0.1, -0.05) is 0 Å². The number of nitrogens with zero attached hydrogens (tertiary/aromatic N) is 1. The molecule has 13 heavy (non-hydrogen) atoms. The fraction of sp³-hybridized carbons (Fsp3) is 1.00. The largest absolute Gasteiger partial charge is 0.306 e. The van der Waals surface area contributed by atoms with Crippen LogP contribution in [0.5, 0.6) is 0 Å². The highest BCUT2D eigenvalue weighted by molar-refractivity contribution is 7.99. The molecule has 1 rings (SSSR count). The third-order valence-electron chi connectivity index (χ3n) is 2.79. The van der Waals surface area contributed by atoms with Crippen LogP contribution in [0.3, 0.4) is 0 Å². The van der Waals surface area contributed by atoms with Crippen molar-refractivity contribution in [3.63, 3.8) is 0 Å². The minimum atomic E-state index is -1.31. The predicted octanol–water partition coefficient (Wildman–Crippen LogP) is 2.40. The van der Waals surface area contributed by atoms with Gasteiger partial charge in [-0.05, 0) is 63.5 Å². The van der Waals surface area contributed by atoms with Gasteiger partial charge >= 0.3 is 0 Å². The second kappa shape index (κ2) is 5.90. The molecule has 1 saturated heterocycles. The van der Waals surface area contributed by atoms with E-state index in [1.807, 2.05) is 0 Å². The van der Waals surface area contributed by atoms with Crippen molar-refractivity contribution in [3.8, 4) is 0 Å². The molecule has 0 radical (unpaired) electrons. The summed E-state index contributed by atoms with van der Waals surface area (Å²) >= 11 is 4.67. The van der Waals surface area contributed by atoms with Crippen LogP contribution in [0, 0.1) is 5.92 Å². The fourth-order valence-electron chi connectivity index (χ4n) is 1.86. The monoisotopic (exact) mass is 219 g/mol. The van der Waals surface area contributed by atoms with E-state index in [0.717, 1.165) is 18.5 Å². The maximum Gasteiger partial charge on any atom is 0.164 e. The van der Waals surface area contributed by atoms with E-state index >= 15 is 0 Å². The minimum Gasteiger partial charge on any atom is -0.306 e. The minimum absolute atomic E-state index is 0.747. The van der Waals surface area contributed by atoms with Gasteiger partial charge in [-0.15, -0.1) is 0 Å². The molecule has 1 unspecified atom stereocenters. The van der Waals surface area contributed by atoms with Crippen LogP contribution in [0.15, 0.2) is 0 Å². The zero-order valence-corrected chi connectivity index (χ0v) is 9.95. The quantitative estimate of drug-likeness (QED) is 0.677. The molecule has 0 N–H and O–H groups in total. The molecule has 0 saturated carbocycles. The first-order valence-electron chi connectivity index (χ1n) is 4.99. The molecule has 0 aromatic rings. The van der Waals surface area contributed by atoms with Gasteiger partial charge in [0.1, 0.15) is 0 Å². The summed E-state index contributed by atoms with van der Waals surface area (Å²) < 4.78 is 10.7. The first-order valence-corrected chi connectivity index (χ1v) is 7.44. The van der Waals surface area contributed by atoms with E-state index in [1.165, 1.54) is 32.4 Å². The van der Waals surface area contributed by atoms with E-state index in [-0.39, 0.29) is 0 Å². The van der Waals surface area contributed by atoms with Gasteiger partial charge in [0.05, 0.1) is 0 Å². The Hall–Kier alpha value is 0.280. The molecular weight excluding hydrogens is 201 g/mol. The van der Waals surface area contributed by atoms with E-state index in [4.69, 9.17) is 0 Å². The Labute approximate surface area is 86.2 Å². The van der Waals surface area contributed by atoms with E-state index in [0.29, 0.717) is 0 Å². The number of likely N-dealkylation sites (tertiary alicyclic amines) is 1. The Balaban J connectivity index is 2.09. The number of rotatable bonds is 4. The first-order chi connectivity index (χ1) is 6.18. The summed E-state index contributed by atoms with van der Waals surface area (Å²) in [7, 11) is 2.18. The second-order valence-corrected chi connectivity index (χ2v) is 6.28. The van der Waals surface area contributed by atoms with Crippen molar-refractivity contribution in [2.45, 2.75) is 25.7 Å². The molecule has 0 aliphatic carbocycles. The standard InChI is InChI=1S/C9H18NOPS/c1-10-6-4-9(5-7-10)3-2-8-12(11)13/h9H,2-8H2,1H3. The maximum absolute atomic E-state index is 10.7. The molecule has 0 aromatic heterocycles. The van der Waals surface area contributed by atoms with E-state index in [9.17, 15) is 4.57 Å². The van der Waals surface area contributed by atoms with Gasteiger partial charge in [-0.2, -0.15) is 0 Å². The lowest BCUT2D eigenvalue weighted by atomic mass is 9.93. The predicted molar refractivity (Wildman–Crippen MR) is 59.3 cm³/mol. The highest BCUT2D eigenvalue weighted by Gasteiger charge is 2.15. The molecule has 0 amide bonds. The number of hydrogen-bond donors (Lipinski definition) is 0. The molecule has 2 nitrogen and oxygen atoms in total. The van der Waals surface area contributed by atoms with Crippen molar-refractivity contribution < 1.29 is 4.57 Å². The van der Waals surface area contributed by atoms with Crippen LogP contribution in [0.1, 0.15) is 25.7 Å². The molecule has 0 bridgehead atoms. The lowest BCUT2D eigenvalue weighted by Gasteiger charge is -2.28. The summed E-state index contributed by atoms with van der Waals surface area (Å²) in [5, 5.41) is 0. The van der Waals surface area contributed by atoms with Crippen molar-refractivity contribution in [3.05, 3.63) is 0 Å². The van der Waals surface area contributed by atoms with Gasteiger partial charge in [0.25, 0.3) is 0 Å². The maximum atomic E-state index is 10.7. The van der Waals surface area contributed by atoms with Crippen LogP contribution in [0.25, 0.3) is 0 Å². The smallest absolute Gasteiger partial charge is 0.164 e. The highest BCUT2D eigenvalue weighted by Crippen LogP contribution is 2.22. The molecule has 1 fully saturated rings. The molecule has 0 spiro atoms. The summed E-state index contributed by atoms with van der Waals surface area (Å²) in [6.45, 7) is 1.14. The van der Waals surface area contributed by atoms with Crippen LogP contribution in [0.4, 0.5) is 0 Å². The Morgan fingerprint density at radius 2 is 2.08 bits per heavy atom. The van der Waals surface area contributed by atoms with Crippen molar-refractivity contribution in [2.24, 2.45) is 5.92 Å². The van der Waals surface area contributed by atoms with E-state index < -0.39 is 6.58 Å². The summed E-state index contributed by atoms with van der Waals surface area (Å²) in [5.74, 6) is 0.862. The van der Waals surface area contributed by atoms with E-state index in [2.05, 4.69) is 23.8 Å². The number of hydrogen-bond acceptors (Lipinski definition) is 3. The molecule has 4 heteroatoms. The van der Waals surface area contributed by atoms with Gasteiger partial charge in [0.15, 0.2) is 6.58 Å². The van der Waals surface area contributed by atoms with Crippen molar-refractivity contribution in [1.82, 2.24) is 4.90 Å². The molecule has 1 aliphatic rings. The summed E-state index contributed by atoms with van der Waals surface area (Å²) in [5.41, 5.74) is 0. The lowest BCUT2D eigenvalue weighted by molar-refractivity contribution is 0.212. The van der Waals surface area contributed by atoms with E-state index in [1.54, 1.807) is 0 Å². The Morgan fingerprint density at radius 3 is 2.62 bits per heavy atom. The van der Waals surface area contributed by atoms with Gasteiger partial charge in [0.2, 0.25) is 0 Å². The molecule has 1 aliphatic heterocycles. The van der Waals surface area contributed by atoms with Crippen LogP contribution in [-0.2, 0) is 16.4 Å². The summed E-state index contributed by atoms with van der Waals surface area (Å²) in [6.07, 6.45) is 5.66. The van der Waals surface area contributed by atoms with Gasteiger partial charge in [-0.3, -0.25) is 4.57 Å². The van der Waals surface area contributed by atoms with Gasteiger partial charge < -0.3 is 4.90 Å². The van der Waals surface area contributed by atoms with Crippen LogP contribution < -0.4 is 0 Å². The zero-order valence-electron chi connectivity index (χ0n) is 8.24. The third-order valence-corrected chi connectivity index (χ3v) is 4.02. The second-order valence-electron chi connectivity index (χ2n) is 3.95. The molecule has 1 atom stereocenters. The van der Waals surface area contributed by atoms with Gasteiger partial charge in [-0.25, -0.2) is 0 Å². The topological polar surface area (TPSA) is 20.3 Å². The molecular formula is C9H18NOPS. The molecule has 1 heterocycles. The highest BCUT2D eigenvalue weighted by atomic mass is 32.4. The molecule has 76 valence electrons. The Morgan fingerprint density at radius 1 is 1.46 bits per heavy atom. The average molecular weight is 219 g/mol. The SMILES string of the molecule is CN1CCC(CCCP(=O)=S)CC1. The summed E-state index contributed by atoms with van der Waals surface area (Å²) in [4.78, 5) is 2.38. The Bertz CT molecular complexity index is 202. The van der Waals surface area contributed by atoms with Crippen LogP contribution >= 0.6 is 6.58 Å². The van der Waals surface area contributed by atoms with Crippen LogP contribution in [-0.4, -0.2) is 31.2 Å². The lowest BCUT2D eigenvalue weighted by Crippen LogP contribution is -2.30. The summed E-state index contributed by atoms with van der Waals surface area (Å²) in [6, 6.07) is 0. The first kappa shape index (κ1) is 11.4. The third kappa shape index (κ3) is 4.90. The zero-order chi connectivity index (χ0) is 9.68. The molecule has 0 aromatic carbocycles. The Kier molecular flexibility index (Phi) is 5.15. The van der Waals surface area contributed by atoms with Crippen LogP contribution in [0.2, 0.25) is 0 Å². The van der Waals surface area contributed by atoms with Crippen molar-refractivity contribution >= 4 is 18.4 Å². The normalized spacial score (nSPS) is 21.8. The fourth-order valence-corrected chi connectivity index (χ4v) is 2.69. The number of piperidine rings is 1. The van der Waals surface area contributed by atoms with Crippen molar-refractivity contribution in [2.75, 3.05) is 26.3 Å². The van der Waals surface area contributed by atoms with Crippen molar-refractivity contribution in [1.29, 1.82) is 0 Å². The average Bonchev–Trinajstić information content (AvgIpc) is 2.08.